The van der Waals surface area contributed by atoms with E-state index >= 15 is 0 Å². The quantitative estimate of drug-likeness (QED) is 0.668. The molecule has 0 aliphatic carbocycles. The van der Waals surface area contributed by atoms with Crippen LogP contribution in [0, 0.1) is 5.82 Å². The van der Waals surface area contributed by atoms with E-state index in [2.05, 4.69) is 5.32 Å². The molecule has 0 fully saturated rings. The summed E-state index contributed by atoms with van der Waals surface area (Å²) in [7, 11) is -3.51. The zero-order chi connectivity index (χ0) is 19.2. The molecule has 0 saturated heterocycles. The van der Waals surface area contributed by atoms with E-state index in [1.54, 1.807) is 6.07 Å². The Kier molecular flexibility index (Phi) is 4.24. The van der Waals surface area contributed by atoms with Crippen LogP contribution in [0.4, 0.5) is 10.1 Å². The third-order valence-corrected chi connectivity index (χ3v) is 6.48. The average Bonchev–Trinajstić information content (AvgIpc) is 3.07. The van der Waals surface area contributed by atoms with Crippen molar-refractivity contribution in [3.63, 3.8) is 0 Å². The van der Waals surface area contributed by atoms with E-state index in [0.29, 0.717) is 11.5 Å². The van der Waals surface area contributed by atoms with Gasteiger partial charge >= 0.3 is 0 Å². The highest BCUT2D eigenvalue weighted by atomic mass is 32.2. The maximum absolute atomic E-state index is 14.0. The summed E-state index contributed by atoms with van der Waals surface area (Å²) >= 11 is 1.29. The van der Waals surface area contributed by atoms with Crippen molar-refractivity contribution in [1.29, 1.82) is 0 Å². The van der Waals surface area contributed by atoms with Crippen molar-refractivity contribution in [3.05, 3.63) is 64.8 Å². The van der Waals surface area contributed by atoms with Gasteiger partial charge in [-0.05, 0) is 36.4 Å². The number of hydrogen-bond acceptors (Lipinski definition) is 5. The highest BCUT2D eigenvalue weighted by Crippen LogP contribution is 2.42. The number of para-hydroxylation sites is 1. The van der Waals surface area contributed by atoms with Crippen molar-refractivity contribution >= 4 is 32.8 Å². The van der Waals surface area contributed by atoms with Gasteiger partial charge in [0.2, 0.25) is 0 Å². The summed E-state index contributed by atoms with van der Waals surface area (Å²) in [4.78, 5) is 13.9. The van der Waals surface area contributed by atoms with Gasteiger partial charge in [-0.2, -0.15) is 0 Å². The van der Waals surface area contributed by atoms with Crippen molar-refractivity contribution in [3.8, 4) is 16.2 Å². The van der Waals surface area contributed by atoms with E-state index in [1.165, 1.54) is 17.4 Å². The fraction of sp³-hybridized carbons (Fsp3) is 0.105. The number of halogens is 1. The molecule has 3 aromatic rings. The predicted octanol–water partition coefficient (Wildman–Crippen LogP) is 4.10. The van der Waals surface area contributed by atoms with Crippen molar-refractivity contribution in [2.75, 3.05) is 11.6 Å². The fourth-order valence-corrected chi connectivity index (χ4v) is 4.57. The second-order valence-corrected chi connectivity index (χ2v) is 9.19. The first-order chi connectivity index (χ1) is 12.8. The lowest BCUT2D eigenvalue weighted by Gasteiger charge is -2.16. The first kappa shape index (κ1) is 17.7. The van der Waals surface area contributed by atoms with Crippen molar-refractivity contribution in [2.24, 2.45) is 0 Å². The molecule has 1 N–H and O–H groups in total. The number of nitrogens with one attached hydrogen (secondary N) is 1. The molecule has 1 amide bonds. The number of benzene rings is 2. The van der Waals surface area contributed by atoms with E-state index < -0.39 is 21.6 Å². The number of rotatable bonds is 3. The van der Waals surface area contributed by atoms with Crippen LogP contribution in [-0.2, 0) is 16.4 Å². The molecule has 5 nitrogen and oxygen atoms in total. The van der Waals surface area contributed by atoms with Gasteiger partial charge in [-0.3, -0.25) is 4.79 Å². The molecular weight excluding hydrogens is 389 g/mol. The number of sulfone groups is 1. The van der Waals surface area contributed by atoms with Crippen LogP contribution < -0.4 is 10.1 Å². The number of thiophene rings is 1. The number of amides is 1. The minimum atomic E-state index is -3.51. The summed E-state index contributed by atoms with van der Waals surface area (Å²) in [5.74, 6) is -0.451. The Hall–Kier alpha value is -2.71. The predicted molar refractivity (Wildman–Crippen MR) is 102 cm³/mol. The minimum Gasteiger partial charge on any atom is -0.488 e. The second-order valence-electron chi connectivity index (χ2n) is 6.12. The summed E-state index contributed by atoms with van der Waals surface area (Å²) in [5.41, 5.74) is 1.62. The van der Waals surface area contributed by atoms with Gasteiger partial charge in [-0.1, -0.05) is 12.1 Å². The van der Waals surface area contributed by atoms with Crippen LogP contribution in [0.3, 0.4) is 0 Å². The molecule has 1 aliphatic rings. The summed E-state index contributed by atoms with van der Waals surface area (Å²) in [6.07, 6.45) is 1.02. The highest BCUT2D eigenvalue weighted by molar-refractivity contribution is 7.90. The van der Waals surface area contributed by atoms with E-state index in [1.807, 2.05) is 24.3 Å². The first-order valence-electron chi connectivity index (χ1n) is 7.99. The molecule has 0 radical (unpaired) electrons. The molecule has 0 atom stereocenters. The summed E-state index contributed by atoms with van der Waals surface area (Å²) in [6, 6.07) is 12.6. The van der Waals surface area contributed by atoms with E-state index in [9.17, 15) is 17.6 Å². The standard InChI is InChI=1S/C19H14FNO4S2/c1-27(23,24)12-6-7-14(20)15(9-12)21-19(22)17-8-11-10-25-16-5-3-2-4-13(16)18(11)26-17/h2-9H,10H2,1H3,(H,21,22). The Balaban J connectivity index is 1.66. The van der Waals surface area contributed by atoms with Crippen LogP contribution in [0.15, 0.2) is 53.4 Å². The molecule has 1 aromatic heterocycles. The van der Waals surface area contributed by atoms with Crippen molar-refractivity contribution in [1.82, 2.24) is 0 Å². The Morgan fingerprint density at radius 1 is 1.19 bits per heavy atom. The number of ether oxygens (including phenoxy) is 1. The van der Waals surface area contributed by atoms with Crippen LogP contribution in [-0.4, -0.2) is 20.6 Å². The highest BCUT2D eigenvalue weighted by Gasteiger charge is 2.23. The molecule has 0 spiro atoms. The number of anilines is 1. The van der Waals surface area contributed by atoms with Gasteiger partial charge in [-0.15, -0.1) is 11.3 Å². The topological polar surface area (TPSA) is 72.5 Å². The third-order valence-electron chi connectivity index (χ3n) is 4.16. The van der Waals surface area contributed by atoms with Gasteiger partial charge in [0.1, 0.15) is 18.2 Å². The van der Waals surface area contributed by atoms with Gasteiger partial charge in [0.05, 0.1) is 15.5 Å². The minimum absolute atomic E-state index is 0.0630. The number of fused-ring (bicyclic) bond motifs is 3. The lowest BCUT2D eigenvalue weighted by atomic mass is 10.1. The van der Waals surface area contributed by atoms with Crippen molar-refractivity contribution < 1.29 is 22.3 Å². The number of hydrogen-bond donors (Lipinski definition) is 1. The average molecular weight is 403 g/mol. The molecule has 0 saturated carbocycles. The third kappa shape index (κ3) is 3.33. The largest absolute Gasteiger partial charge is 0.488 e. The molecule has 27 heavy (non-hydrogen) atoms. The Morgan fingerprint density at radius 3 is 2.74 bits per heavy atom. The van der Waals surface area contributed by atoms with Crippen molar-refractivity contribution in [2.45, 2.75) is 11.5 Å². The van der Waals surface area contributed by atoms with Crippen LogP contribution in [0.2, 0.25) is 0 Å². The molecule has 2 heterocycles. The molecule has 8 heteroatoms. The lowest BCUT2D eigenvalue weighted by molar-refractivity contribution is 0.103. The number of carbonyl (C=O) groups excluding carboxylic acids is 1. The van der Waals surface area contributed by atoms with Gasteiger partial charge < -0.3 is 10.1 Å². The smallest absolute Gasteiger partial charge is 0.265 e. The molecule has 0 bridgehead atoms. The molecule has 4 rings (SSSR count). The maximum Gasteiger partial charge on any atom is 0.265 e. The number of carbonyl (C=O) groups is 1. The molecule has 0 unspecified atom stereocenters. The SMILES string of the molecule is CS(=O)(=O)c1ccc(F)c(NC(=O)c2cc3c(s2)-c2ccccc2OC3)c1. The van der Waals surface area contributed by atoms with Gasteiger partial charge in [-0.25, -0.2) is 12.8 Å². The first-order valence-corrected chi connectivity index (χ1v) is 10.7. The Bertz CT molecular complexity index is 1170. The van der Waals surface area contributed by atoms with Crippen LogP contribution in [0.1, 0.15) is 15.2 Å². The van der Waals surface area contributed by atoms with E-state index in [-0.39, 0.29) is 10.6 Å². The zero-order valence-corrected chi connectivity index (χ0v) is 15.8. The summed E-state index contributed by atoms with van der Waals surface area (Å²) < 4.78 is 43.0. The maximum atomic E-state index is 14.0. The zero-order valence-electron chi connectivity index (χ0n) is 14.2. The normalized spacial score (nSPS) is 12.7. The van der Waals surface area contributed by atoms with Crippen LogP contribution >= 0.6 is 11.3 Å². The Morgan fingerprint density at radius 2 is 1.96 bits per heavy atom. The van der Waals surface area contributed by atoms with Gasteiger partial charge in [0.15, 0.2) is 9.84 Å². The lowest BCUT2D eigenvalue weighted by Crippen LogP contribution is -2.12. The molecule has 1 aliphatic heterocycles. The van der Waals surface area contributed by atoms with Crippen LogP contribution in [0.5, 0.6) is 5.75 Å². The summed E-state index contributed by atoms with van der Waals surface area (Å²) in [5, 5.41) is 2.46. The fourth-order valence-electron chi connectivity index (χ4n) is 2.83. The summed E-state index contributed by atoms with van der Waals surface area (Å²) in [6.45, 7) is 0.355. The molecule has 2 aromatic carbocycles. The monoisotopic (exact) mass is 403 g/mol. The Labute approximate surface area is 159 Å². The second kappa shape index (κ2) is 6.47. The van der Waals surface area contributed by atoms with E-state index in [4.69, 9.17) is 4.74 Å². The van der Waals surface area contributed by atoms with Gasteiger partial charge in [0.25, 0.3) is 5.91 Å². The van der Waals surface area contributed by atoms with Crippen LogP contribution in [0.25, 0.3) is 10.4 Å². The molecule has 138 valence electrons. The van der Waals surface area contributed by atoms with E-state index in [0.717, 1.165) is 40.1 Å². The van der Waals surface area contributed by atoms with Gasteiger partial charge in [0, 0.05) is 22.3 Å². The molecular formula is C19H14FNO4S2.